The fraction of sp³-hybridized carbons (Fsp3) is 0.292. The smallest absolute Gasteiger partial charge is 0.262 e. The highest BCUT2D eigenvalue weighted by Crippen LogP contribution is 2.21. The zero-order chi connectivity index (χ0) is 19.6. The molecule has 1 N–H and O–H groups in total. The number of carbonyl (C=O) groups excluding carboxylic acids is 1. The quantitative estimate of drug-likeness (QED) is 0.453. The van der Waals surface area contributed by atoms with Crippen LogP contribution in [0.3, 0.4) is 0 Å². The molecule has 0 aliphatic rings. The summed E-state index contributed by atoms with van der Waals surface area (Å²) in [6.07, 6.45) is 4.73. The summed E-state index contributed by atoms with van der Waals surface area (Å²) in [5.74, 6) is 1.31. The molecule has 0 radical (unpaired) electrons. The van der Waals surface area contributed by atoms with E-state index in [4.69, 9.17) is 9.47 Å². The molecule has 0 aliphatic heterocycles. The van der Waals surface area contributed by atoms with Crippen LogP contribution in [0.5, 0.6) is 11.5 Å². The minimum absolute atomic E-state index is 0.0337. The zero-order valence-electron chi connectivity index (χ0n) is 16.3. The van der Waals surface area contributed by atoms with Crippen LogP contribution in [-0.4, -0.2) is 19.1 Å². The molecule has 0 atom stereocenters. The van der Waals surface area contributed by atoms with Gasteiger partial charge in [-0.15, -0.1) is 0 Å². The van der Waals surface area contributed by atoms with Gasteiger partial charge in [0.25, 0.3) is 5.91 Å². The van der Waals surface area contributed by atoms with Crippen molar-refractivity contribution in [3.63, 3.8) is 0 Å². The van der Waals surface area contributed by atoms with E-state index in [1.54, 1.807) is 0 Å². The first-order chi connectivity index (χ1) is 13.7. The number of hydrogen-bond donors (Lipinski definition) is 1. The summed E-state index contributed by atoms with van der Waals surface area (Å²) in [7, 11) is 0. The molecule has 0 spiro atoms. The van der Waals surface area contributed by atoms with Crippen molar-refractivity contribution >= 4 is 22.4 Å². The largest absolute Gasteiger partial charge is 0.494 e. The van der Waals surface area contributed by atoms with Crippen molar-refractivity contribution in [1.82, 2.24) is 0 Å². The summed E-state index contributed by atoms with van der Waals surface area (Å²) in [5, 5.41) is 5.08. The third kappa shape index (κ3) is 6.02. The van der Waals surface area contributed by atoms with Crippen molar-refractivity contribution in [2.45, 2.75) is 32.6 Å². The highest BCUT2D eigenvalue weighted by Gasteiger charge is 2.05. The molecule has 3 aromatic carbocycles. The van der Waals surface area contributed by atoms with Gasteiger partial charge in [0.2, 0.25) is 0 Å². The minimum atomic E-state index is -0.193. The van der Waals surface area contributed by atoms with Crippen LogP contribution in [0.25, 0.3) is 10.8 Å². The highest BCUT2D eigenvalue weighted by molar-refractivity contribution is 5.92. The Labute approximate surface area is 166 Å². The fourth-order valence-electron chi connectivity index (χ4n) is 2.96. The average molecular weight is 377 g/mol. The van der Waals surface area contributed by atoms with Gasteiger partial charge in [0.05, 0.1) is 6.61 Å². The molecular weight excluding hydrogens is 350 g/mol. The van der Waals surface area contributed by atoms with Gasteiger partial charge in [-0.25, -0.2) is 0 Å². The number of anilines is 1. The van der Waals surface area contributed by atoms with Crippen molar-refractivity contribution in [1.29, 1.82) is 0 Å². The number of carbonyl (C=O) groups is 1. The molecule has 0 saturated heterocycles. The predicted molar refractivity (Wildman–Crippen MR) is 114 cm³/mol. The van der Waals surface area contributed by atoms with Gasteiger partial charge < -0.3 is 14.8 Å². The molecule has 4 nitrogen and oxygen atoms in total. The van der Waals surface area contributed by atoms with Crippen LogP contribution in [0.1, 0.15) is 32.6 Å². The second kappa shape index (κ2) is 10.4. The maximum Gasteiger partial charge on any atom is 0.262 e. The summed E-state index contributed by atoms with van der Waals surface area (Å²) >= 11 is 0. The fourth-order valence-corrected chi connectivity index (χ4v) is 2.96. The van der Waals surface area contributed by atoms with E-state index in [0.717, 1.165) is 35.2 Å². The number of benzene rings is 3. The first-order valence-electron chi connectivity index (χ1n) is 9.89. The lowest BCUT2D eigenvalue weighted by molar-refractivity contribution is -0.118. The van der Waals surface area contributed by atoms with E-state index in [9.17, 15) is 4.79 Å². The Balaban J connectivity index is 1.43. The van der Waals surface area contributed by atoms with E-state index in [2.05, 4.69) is 12.2 Å². The number of nitrogens with one attached hydrogen (secondary N) is 1. The Morgan fingerprint density at radius 1 is 0.821 bits per heavy atom. The Morgan fingerprint density at radius 2 is 1.57 bits per heavy atom. The molecule has 0 saturated carbocycles. The molecule has 28 heavy (non-hydrogen) atoms. The lowest BCUT2D eigenvalue weighted by Gasteiger charge is -2.10. The number of rotatable bonds is 10. The second-order valence-electron chi connectivity index (χ2n) is 6.78. The van der Waals surface area contributed by atoms with Gasteiger partial charge in [0.15, 0.2) is 6.61 Å². The molecule has 0 heterocycles. The van der Waals surface area contributed by atoms with Crippen LogP contribution in [0.15, 0.2) is 66.7 Å². The second-order valence-corrected chi connectivity index (χ2v) is 6.78. The molecule has 146 valence electrons. The molecule has 1 amide bonds. The first-order valence-corrected chi connectivity index (χ1v) is 9.89. The SMILES string of the molecule is CCCCCCOc1ccc(NC(=O)COc2ccc3ccccc3c2)cc1. The summed E-state index contributed by atoms with van der Waals surface area (Å²) in [6, 6.07) is 21.3. The van der Waals surface area contributed by atoms with Crippen molar-refractivity contribution in [2.75, 3.05) is 18.5 Å². The van der Waals surface area contributed by atoms with Crippen LogP contribution < -0.4 is 14.8 Å². The number of ether oxygens (including phenoxy) is 2. The standard InChI is InChI=1S/C24H27NO3/c1-2-3-4-7-16-27-22-14-11-21(12-15-22)25-24(26)18-28-23-13-10-19-8-5-6-9-20(19)17-23/h5-6,8-15,17H,2-4,7,16,18H2,1H3,(H,25,26). The summed E-state index contributed by atoms with van der Waals surface area (Å²) in [4.78, 5) is 12.1. The molecule has 0 aliphatic carbocycles. The topological polar surface area (TPSA) is 47.6 Å². The van der Waals surface area contributed by atoms with Crippen molar-refractivity contribution < 1.29 is 14.3 Å². The van der Waals surface area contributed by atoms with Crippen molar-refractivity contribution in [3.05, 3.63) is 66.7 Å². The van der Waals surface area contributed by atoms with Gasteiger partial charge in [-0.05, 0) is 53.6 Å². The van der Waals surface area contributed by atoms with Crippen molar-refractivity contribution in [3.8, 4) is 11.5 Å². The molecule has 0 fully saturated rings. The van der Waals surface area contributed by atoms with Gasteiger partial charge in [-0.3, -0.25) is 4.79 Å². The van der Waals surface area contributed by atoms with E-state index >= 15 is 0 Å². The molecular formula is C24H27NO3. The first kappa shape index (κ1) is 19.7. The van der Waals surface area contributed by atoms with Gasteiger partial charge >= 0.3 is 0 Å². The number of hydrogen-bond acceptors (Lipinski definition) is 3. The zero-order valence-corrected chi connectivity index (χ0v) is 16.3. The van der Waals surface area contributed by atoms with E-state index in [-0.39, 0.29) is 12.5 Å². The Kier molecular flexibility index (Phi) is 7.30. The minimum Gasteiger partial charge on any atom is -0.494 e. The maximum atomic E-state index is 12.1. The monoisotopic (exact) mass is 377 g/mol. The third-order valence-corrected chi connectivity index (χ3v) is 4.50. The number of fused-ring (bicyclic) bond motifs is 1. The third-order valence-electron chi connectivity index (χ3n) is 4.50. The van der Waals surface area contributed by atoms with Gasteiger partial charge in [0.1, 0.15) is 11.5 Å². The Hall–Kier alpha value is -3.01. The lowest BCUT2D eigenvalue weighted by Crippen LogP contribution is -2.20. The van der Waals surface area contributed by atoms with E-state index in [1.165, 1.54) is 19.3 Å². The molecule has 3 aromatic rings. The van der Waals surface area contributed by atoms with E-state index in [1.807, 2.05) is 66.7 Å². The van der Waals surface area contributed by atoms with Crippen molar-refractivity contribution in [2.24, 2.45) is 0 Å². The molecule has 3 rings (SSSR count). The molecule has 0 bridgehead atoms. The van der Waals surface area contributed by atoms with Crippen LogP contribution >= 0.6 is 0 Å². The van der Waals surface area contributed by atoms with Crippen LogP contribution in [-0.2, 0) is 4.79 Å². The average Bonchev–Trinajstić information content (AvgIpc) is 2.73. The Morgan fingerprint density at radius 3 is 2.36 bits per heavy atom. The van der Waals surface area contributed by atoms with Crippen LogP contribution in [0.4, 0.5) is 5.69 Å². The maximum absolute atomic E-state index is 12.1. The summed E-state index contributed by atoms with van der Waals surface area (Å²) < 4.78 is 11.3. The van der Waals surface area contributed by atoms with E-state index < -0.39 is 0 Å². The molecule has 0 unspecified atom stereocenters. The highest BCUT2D eigenvalue weighted by atomic mass is 16.5. The summed E-state index contributed by atoms with van der Waals surface area (Å²) in [5.41, 5.74) is 0.727. The normalized spacial score (nSPS) is 10.6. The predicted octanol–water partition coefficient (Wildman–Crippen LogP) is 5.82. The number of amides is 1. The number of unbranched alkanes of at least 4 members (excludes halogenated alkanes) is 3. The molecule has 0 aromatic heterocycles. The van der Waals surface area contributed by atoms with Crippen LogP contribution in [0, 0.1) is 0 Å². The van der Waals surface area contributed by atoms with E-state index in [0.29, 0.717) is 5.75 Å². The molecule has 4 heteroatoms. The lowest BCUT2D eigenvalue weighted by atomic mass is 10.1. The summed E-state index contributed by atoms with van der Waals surface area (Å²) in [6.45, 7) is 2.89. The van der Waals surface area contributed by atoms with Gasteiger partial charge in [0, 0.05) is 5.69 Å². The van der Waals surface area contributed by atoms with Crippen LogP contribution in [0.2, 0.25) is 0 Å². The Bertz CT molecular complexity index is 890. The van der Waals surface area contributed by atoms with Gasteiger partial charge in [-0.2, -0.15) is 0 Å². The van der Waals surface area contributed by atoms with Gasteiger partial charge in [-0.1, -0.05) is 56.5 Å².